The minimum atomic E-state index is -0.850. The summed E-state index contributed by atoms with van der Waals surface area (Å²) < 4.78 is 9.64. The van der Waals surface area contributed by atoms with Crippen molar-refractivity contribution in [2.45, 2.75) is 0 Å². The van der Waals surface area contributed by atoms with Gasteiger partial charge in [0.15, 0.2) is 11.6 Å². The van der Waals surface area contributed by atoms with Crippen LogP contribution in [-0.2, 0) is 0 Å². The van der Waals surface area contributed by atoms with Gasteiger partial charge in [0.1, 0.15) is 5.75 Å². The molecule has 1 aromatic heterocycles. The van der Waals surface area contributed by atoms with E-state index in [0.29, 0.717) is 17.3 Å². The number of benzene rings is 1. The van der Waals surface area contributed by atoms with Crippen LogP contribution in [0.5, 0.6) is 5.75 Å². The Bertz CT molecular complexity index is 504. The van der Waals surface area contributed by atoms with Gasteiger partial charge in [-0.1, -0.05) is 5.16 Å². The van der Waals surface area contributed by atoms with Crippen molar-refractivity contribution in [2.75, 3.05) is 5.73 Å². The van der Waals surface area contributed by atoms with Crippen molar-refractivity contribution >= 4 is 11.9 Å². The first-order valence-corrected chi connectivity index (χ1v) is 4.45. The van der Waals surface area contributed by atoms with Gasteiger partial charge in [0.05, 0.1) is 0 Å². The SMILES string of the molecule is NC(=O)Oc1ccc(-c2cc(N)no2)cc1. The summed E-state index contributed by atoms with van der Waals surface area (Å²) in [5.41, 5.74) is 11.1. The number of nitrogens with two attached hydrogens (primary N) is 2. The highest BCUT2D eigenvalue weighted by molar-refractivity contribution is 5.69. The normalized spacial score (nSPS) is 10.0. The zero-order valence-electron chi connectivity index (χ0n) is 8.21. The van der Waals surface area contributed by atoms with Gasteiger partial charge in [-0.3, -0.25) is 0 Å². The molecule has 6 nitrogen and oxygen atoms in total. The Morgan fingerprint density at radius 1 is 1.31 bits per heavy atom. The number of hydrogen-bond acceptors (Lipinski definition) is 5. The van der Waals surface area contributed by atoms with E-state index < -0.39 is 6.09 Å². The van der Waals surface area contributed by atoms with Gasteiger partial charge in [-0.05, 0) is 24.3 Å². The number of carbonyl (C=O) groups is 1. The maximum Gasteiger partial charge on any atom is 0.409 e. The Hall–Kier alpha value is -2.50. The highest BCUT2D eigenvalue weighted by Gasteiger charge is 2.05. The van der Waals surface area contributed by atoms with Gasteiger partial charge in [0.25, 0.3) is 0 Å². The average Bonchev–Trinajstić information content (AvgIpc) is 2.65. The van der Waals surface area contributed by atoms with Crippen LogP contribution in [-0.4, -0.2) is 11.2 Å². The molecule has 16 heavy (non-hydrogen) atoms. The number of nitrogen functional groups attached to an aromatic ring is 1. The van der Waals surface area contributed by atoms with Crippen LogP contribution in [0.2, 0.25) is 0 Å². The molecule has 6 heteroatoms. The smallest absolute Gasteiger partial charge is 0.409 e. The van der Waals surface area contributed by atoms with E-state index in [1.807, 2.05) is 0 Å². The minimum Gasteiger partial charge on any atom is -0.411 e. The minimum absolute atomic E-state index is 0.312. The van der Waals surface area contributed by atoms with Crippen LogP contribution in [0.4, 0.5) is 10.6 Å². The van der Waals surface area contributed by atoms with E-state index in [-0.39, 0.29) is 0 Å². The van der Waals surface area contributed by atoms with E-state index in [1.165, 1.54) is 0 Å². The first kappa shape index (κ1) is 10.0. The zero-order chi connectivity index (χ0) is 11.5. The molecule has 4 N–H and O–H groups in total. The largest absolute Gasteiger partial charge is 0.411 e. The topological polar surface area (TPSA) is 104 Å². The maximum absolute atomic E-state index is 10.5. The number of primary amides is 1. The molecule has 0 aliphatic rings. The van der Waals surface area contributed by atoms with E-state index in [1.54, 1.807) is 30.3 Å². The number of aromatic nitrogens is 1. The lowest BCUT2D eigenvalue weighted by molar-refractivity contribution is 0.211. The molecule has 2 rings (SSSR count). The van der Waals surface area contributed by atoms with Crippen LogP contribution >= 0.6 is 0 Å². The van der Waals surface area contributed by atoms with Crippen molar-refractivity contribution < 1.29 is 14.1 Å². The second-order valence-electron chi connectivity index (χ2n) is 3.06. The van der Waals surface area contributed by atoms with Gasteiger partial charge in [0, 0.05) is 11.6 Å². The van der Waals surface area contributed by atoms with Crippen LogP contribution in [0, 0.1) is 0 Å². The number of amides is 1. The summed E-state index contributed by atoms with van der Waals surface area (Å²) in [6, 6.07) is 8.21. The number of ether oxygens (including phenoxy) is 1. The molecule has 0 unspecified atom stereocenters. The Morgan fingerprint density at radius 3 is 2.50 bits per heavy atom. The third kappa shape index (κ3) is 2.11. The predicted molar refractivity (Wildman–Crippen MR) is 56.6 cm³/mol. The lowest BCUT2D eigenvalue weighted by Crippen LogP contribution is -2.16. The molecule has 1 aromatic carbocycles. The molecule has 0 atom stereocenters. The molecular formula is C10H9N3O3. The lowest BCUT2D eigenvalue weighted by Gasteiger charge is -2.00. The third-order valence-electron chi connectivity index (χ3n) is 1.89. The van der Waals surface area contributed by atoms with Crippen molar-refractivity contribution in [3.63, 3.8) is 0 Å². The first-order chi connectivity index (χ1) is 7.65. The van der Waals surface area contributed by atoms with E-state index in [0.717, 1.165) is 5.56 Å². The molecule has 0 bridgehead atoms. The molecular weight excluding hydrogens is 210 g/mol. The summed E-state index contributed by atoms with van der Waals surface area (Å²) in [5, 5.41) is 3.56. The highest BCUT2D eigenvalue weighted by Crippen LogP contribution is 2.23. The standard InChI is InChI=1S/C10H9N3O3/c11-9-5-8(16-13-9)6-1-3-7(4-2-6)15-10(12)14/h1-5H,(H2,11,13)(H2,12,14). The lowest BCUT2D eigenvalue weighted by atomic mass is 10.2. The number of anilines is 1. The molecule has 0 aliphatic heterocycles. The molecule has 0 fully saturated rings. The summed E-state index contributed by atoms with van der Waals surface area (Å²) >= 11 is 0. The van der Waals surface area contributed by atoms with E-state index in [9.17, 15) is 4.79 Å². The van der Waals surface area contributed by atoms with Crippen molar-refractivity contribution in [3.05, 3.63) is 30.3 Å². The summed E-state index contributed by atoms with van der Waals surface area (Å²) in [6.45, 7) is 0. The maximum atomic E-state index is 10.5. The number of hydrogen-bond donors (Lipinski definition) is 2. The van der Waals surface area contributed by atoms with Gasteiger partial charge in [-0.25, -0.2) is 4.79 Å². The summed E-state index contributed by atoms with van der Waals surface area (Å²) in [6.07, 6.45) is -0.850. The van der Waals surface area contributed by atoms with Crippen molar-refractivity contribution in [2.24, 2.45) is 5.73 Å². The van der Waals surface area contributed by atoms with Crippen LogP contribution in [0.25, 0.3) is 11.3 Å². The molecule has 0 saturated carbocycles. The molecule has 1 heterocycles. The molecule has 0 aliphatic carbocycles. The van der Waals surface area contributed by atoms with E-state index in [2.05, 4.69) is 9.89 Å². The second kappa shape index (κ2) is 3.93. The van der Waals surface area contributed by atoms with Gasteiger partial charge >= 0.3 is 6.09 Å². The van der Waals surface area contributed by atoms with E-state index in [4.69, 9.17) is 16.0 Å². The molecule has 2 aromatic rings. The summed E-state index contributed by atoms with van der Waals surface area (Å²) in [4.78, 5) is 10.5. The fraction of sp³-hybridized carbons (Fsp3) is 0. The fourth-order valence-corrected chi connectivity index (χ4v) is 1.23. The van der Waals surface area contributed by atoms with Gasteiger partial charge in [0.2, 0.25) is 0 Å². The summed E-state index contributed by atoms with van der Waals surface area (Å²) in [5.74, 6) is 1.22. The number of carbonyl (C=O) groups excluding carboxylic acids is 1. The predicted octanol–water partition coefficient (Wildman–Crippen LogP) is 1.38. The van der Waals surface area contributed by atoms with Crippen LogP contribution in [0.3, 0.4) is 0 Å². The van der Waals surface area contributed by atoms with Gasteiger partial charge in [-0.2, -0.15) is 0 Å². The van der Waals surface area contributed by atoms with Crippen molar-refractivity contribution in [1.29, 1.82) is 0 Å². The number of rotatable bonds is 2. The highest BCUT2D eigenvalue weighted by atomic mass is 16.5. The molecule has 0 radical (unpaired) electrons. The molecule has 1 amide bonds. The quantitative estimate of drug-likeness (QED) is 0.793. The molecule has 82 valence electrons. The van der Waals surface area contributed by atoms with E-state index >= 15 is 0 Å². The fourth-order valence-electron chi connectivity index (χ4n) is 1.23. The molecule has 0 spiro atoms. The first-order valence-electron chi connectivity index (χ1n) is 4.45. The Balaban J connectivity index is 2.22. The van der Waals surface area contributed by atoms with Gasteiger partial charge < -0.3 is 20.7 Å². The zero-order valence-corrected chi connectivity index (χ0v) is 8.21. The Morgan fingerprint density at radius 2 is 2.00 bits per heavy atom. The van der Waals surface area contributed by atoms with Crippen LogP contribution in [0.1, 0.15) is 0 Å². The van der Waals surface area contributed by atoms with Crippen molar-refractivity contribution in [3.8, 4) is 17.1 Å². The Kier molecular flexibility index (Phi) is 2.47. The molecule has 0 saturated heterocycles. The van der Waals surface area contributed by atoms with Gasteiger partial charge in [-0.15, -0.1) is 0 Å². The average molecular weight is 219 g/mol. The summed E-state index contributed by atoms with van der Waals surface area (Å²) in [7, 11) is 0. The second-order valence-corrected chi connectivity index (χ2v) is 3.06. The monoisotopic (exact) mass is 219 g/mol. The van der Waals surface area contributed by atoms with Crippen molar-refractivity contribution in [1.82, 2.24) is 5.16 Å². The van der Waals surface area contributed by atoms with Crippen LogP contribution in [0.15, 0.2) is 34.9 Å². The number of nitrogens with zero attached hydrogens (tertiary/aromatic N) is 1. The Labute approximate surface area is 90.8 Å². The van der Waals surface area contributed by atoms with Crippen LogP contribution < -0.4 is 16.2 Å². The third-order valence-corrected chi connectivity index (χ3v) is 1.89.